The number of fused-ring (bicyclic) bond motifs is 1. The standard InChI is InChI=1S/C19H25N5O2S2/c1-5-23(6-2)10-11-24(18(25)17-13(4)21-22-28-17)19-20-15-9-8-14(26-7-3)12-16(15)27-19/h8-9,12H,5-7,10-11H2,1-4H3. The Balaban J connectivity index is 1.94. The van der Waals surface area contributed by atoms with Crippen molar-refractivity contribution in [3.63, 3.8) is 0 Å². The van der Waals surface area contributed by atoms with E-state index in [1.807, 2.05) is 32.0 Å². The number of ether oxygens (including phenoxy) is 1. The second-order valence-electron chi connectivity index (χ2n) is 6.23. The third-order valence-electron chi connectivity index (χ3n) is 4.52. The summed E-state index contributed by atoms with van der Waals surface area (Å²) in [4.78, 5) is 22.6. The minimum Gasteiger partial charge on any atom is -0.494 e. The van der Waals surface area contributed by atoms with Crippen LogP contribution in [0.2, 0.25) is 0 Å². The molecule has 0 aliphatic rings. The van der Waals surface area contributed by atoms with Crippen LogP contribution >= 0.6 is 22.9 Å². The lowest BCUT2D eigenvalue weighted by atomic mass is 10.3. The smallest absolute Gasteiger partial charge is 0.273 e. The minimum absolute atomic E-state index is 0.0938. The van der Waals surface area contributed by atoms with Gasteiger partial charge in [0.15, 0.2) is 5.13 Å². The average Bonchev–Trinajstić information content (AvgIpc) is 3.30. The van der Waals surface area contributed by atoms with E-state index in [2.05, 4.69) is 28.3 Å². The van der Waals surface area contributed by atoms with Gasteiger partial charge in [0.05, 0.1) is 22.5 Å². The molecule has 28 heavy (non-hydrogen) atoms. The SMILES string of the molecule is CCOc1ccc2nc(N(CCN(CC)CC)C(=O)c3snnc3C)sc2c1. The summed E-state index contributed by atoms with van der Waals surface area (Å²) in [6.07, 6.45) is 0. The first-order valence-electron chi connectivity index (χ1n) is 9.43. The van der Waals surface area contributed by atoms with Crippen molar-refractivity contribution in [2.45, 2.75) is 27.7 Å². The Bertz CT molecular complexity index is 935. The van der Waals surface area contributed by atoms with E-state index < -0.39 is 0 Å². The predicted molar refractivity (Wildman–Crippen MR) is 115 cm³/mol. The van der Waals surface area contributed by atoms with Crippen molar-refractivity contribution in [1.82, 2.24) is 19.5 Å². The van der Waals surface area contributed by atoms with E-state index in [4.69, 9.17) is 9.72 Å². The van der Waals surface area contributed by atoms with E-state index >= 15 is 0 Å². The summed E-state index contributed by atoms with van der Waals surface area (Å²) in [5.41, 5.74) is 1.52. The molecule has 3 aromatic rings. The lowest BCUT2D eigenvalue weighted by Gasteiger charge is -2.24. The molecule has 0 aliphatic carbocycles. The quantitative estimate of drug-likeness (QED) is 0.525. The van der Waals surface area contributed by atoms with Crippen LogP contribution in [-0.4, -0.2) is 58.2 Å². The molecule has 0 saturated carbocycles. The number of likely N-dealkylation sites (N-methyl/N-ethyl adjacent to an activating group) is 1. The number of hydrogen-bond donors (Lipinski definition) is 0. The monoisotopic (exact) mass is 419 g/mol. The van der Waals surface area contributed by atoms with E-state index in [0.29, 0.717) is 28.9 Å². The fourth-order valence-electron chi connectivity index (χ4n) is 2.88. The fourth-order valence-corrected chi connectivity index (χ4v) is 4.50. The summed E-state index contributed by atoms with van der Waals surface area (Å²) in [5, 5.41) is 4.68. The summed E-state index contributed by atoms with van der Waals surface area (Å²) in [7, 11) is 0. The maximum atomic E-state index is 13.2. The van der Waals surface area contributed by atoms with Crippen LogP contribution in [0.5, 0.6) is 5.75 Å². The largest absolute Gasteiger partial charge is 0.494 e. The molecule has 0 bridgehead atoms. The molecule has 2 heterocycles. The summed E-state index contributed by atoms with van der Waals surface area (Å²) in [6.45, 7) is 11.9. The van der Waals surface area contributed by atoms with Gasteiger partial charge in [-0.25, -0.2) is 4.98 Å². The van der Waals surface area contributed by atoms with Gasteiger partial charge in [0.2, 0.25) is 0 Å². The molecule has 2 aromatic heterocycles. The summed E-state index contributed by atoms with van der Waals surface area (Å²) >= 11 is 2.64. The molecule has 0 fully saturated rings. The van der Waals surface area contributed by atoms with Gasteiger partial charge in [0.25, 0.3) is 5.91 Å². The van der Waals surface area contributed by atoms with Crippen molar-refractivity contribution in [3.8, 4) is 5.75 Å². The normalized spacial score (nSPS) is 11.3. The molecule has 9 heteroatoms. The molecule has 0 saturated heterocycles. The van der Waals surface area contributed by atoms with Gasteiger partial charge in [0, 0.05) is 13.1 Å². The Kier molecular flexibility index (Phi) is 6.93. The number of aromatic nitrogens is 3. The number of benzene rings is 1. The number of aryl methyl sites for hydroxylation is 1. The zero-order chi connectivity index (χ0) is 20.1. The van der Waals surface area contributed by atoms with Crippen molar-refractivity contribution in [1.29, 1.82) is 0 Å². The molecule has 0 radical (unpaired) electrons. The highest BCUT2D eigenvalue weighted by molar-refractivity contribution is 7.22. The number of hydrogen-bond acceptors (Lipinski definition) is 8. The van der Waals surface area contributed by atoms with E-state index in [-0.39, 0.29) is 5.91 Å². The van der Waals surface area contributed by atoms with E-state index in [1.165, 1.54) is 11.3 Å². The van der Waals surface area contributed by atoms with Gasteiger partial charge < -0.3 is 9.64 Å². The van der Waals surface area contributed by atoms with E-state index in [1.54, 1.807) is 4.90 Å². The highest BCUT2D eigenvalue weighted by Crippen LogP contribution is 2.32. The van der Waals surface area contributed by atoms with Gasteiger partial charge >= 0.3 is 0 Å². The number of nitrogens with zero attached hydrogens (tertiary/aromatic N) is 5. The van der Waals surface area contributed by atoms with Crippen molar-refractivity contribution in [2.75, 3.05) is 37.7 Å². The minimum atomic E-state index is -0.0938. The van der Waals surface area contributed by atoms with Gasteiger partial charge in [-0.15, -0.1) is 5.10 Å². The molecule has 0 unspecified atom stereocenters. The van der Waals surface area contributed by atoms with Gasteiger partial charge in [-0.3, -0.25) is 9.69 Å². The summed E-state index contributed by atoms with van der Waals surface area (Å²) in [5.74, 6) is 0.720. The zero-order valence-corrected chi connectivity index (χ0v) is 18.3. The Hall–Kier alpha value is -2.10. The van der Waals surface area contributed by atoms with Crippen LogP contribution in [0.15, 0.2) is 18.2 Å². The second-order valence-corrected chi connectivity index (χ2v) is 7.99. The van der Waals surface area contributed by atoms with Crippen LogP contribution in [0.25, 0.3) is 10.2 Å². The van der Waals surface area contributed by atoms with Crippen LogP contribution < -0.4 is 9.64 Å². The van der Waals surface area contributed by atoms with Crippen LogP contribution in [0, 0.1) is 6.92 Å². The van der Waals surface area contributed by atoms with Gasteiger partial charge in [-0.2, -0.15) is 0 Å². The molecule has 0 spiro atoms. The lowest BCUT2D eigenvalue weighted by Crippen LogP contribution is -2.38. The van der Waals surface area contributed by atoms with Crippen LogP contribution in [0.3, 0.4) is 0 Å². The number of amides is 1. The molecule has 0 N–H and O–H groups in total. The highest BCUT2D eigenvalue weighted by Gasteiger charge is 2.25. The van der Waals surface area contributed by atoms with Crippen LogP contribution in [0.4, 0.5) is 5.13 Å². The zero-order valence-electron chi connectivity index (χ0n) is 16.6. The topological polar surface area (TPSA) is 71.5 Å². The molecule has 150 valence electrons. The second kappa shape index (κ2) is 9.40. The van der Waals surface area contributed by atoms with Crippen molar-refractivity contribution in [2.24, 2.45) is 0 Å². The first-order chi connectivity index (χ1) is 13.6. The Labute approximate surface area is 173 Å². The molecule has 3 rings (SSSR count). The van der Waals surface area contributed by atoms with Crippen LogP contribution in [0.1, 0.15) is 36.1 Å². The van der Waals surface area contributed by atoms with Crippen molar-refractivity contribution >= 4 is 44.1 Å². The molecule has 1 amide bonds. The third-order valence-corrected chi connectivity index (χ3v) is 6.37. The number of rotatable bonds is 9. The number of carbonyl (C=O) groups is 1. The van der Waals surface area contributed by atoms with Gasteiger partial charge in [-0.1, -0.05) is 29.7 Å². The average molecular weight is 420 g/mol. The number of thiazole rings is 1. The van der Waals surface area contributed by atoms with E-state index in [0.717, 1.165) is 47.1 Å². The number of carbonyl (C=O) groups excluding carboxylic acids is 1. The van der Waals surface area contributed by atoms with Crippen LogP contribution in [-0.2, 0) is 0 Å². The first kappa shape index (κ1) is 20.6. The maximum absolute atomic E-state index is 13.2. The predicted octanol–water partition coefficient (Wildman–Crippen LogP) is 3.84. The first-order valence-corrected chi connectivity index (χ1v) is 11.0. The number of anilines is 1. The highest BCUT2D eigenvalue weighted by atomic mass is 32.1. The Morgan fingerprint density at radius 2 is 1.96 bits per heavy atom. The van der Waals surface area contributed by atoms with Crippen molar-refractivity contribution < 1.29 is 9.53 Å². The Morgan fingerprint density at radius 1 is 1.18 bits per heavy atom. The summed E-state index contributed by atoms with van der Waals surface area (Å²) < 4.78 is 10.5. The Morgan fingerprint density at radius 3 is 2.61 bits per heavy atom. The maximum Gasteiger partial charge on any atom is 0.273 e. The van der Waals surface area contributed by atoms with Crippen molar-refractivity contribution in [3.05, 3.63) is 28.8 Å². The summed E-state index contributed by atoms with van der Waals surface area (Å²) in [6, 6.07) is 5.83. The van der Waals surface area contributed by atoms with Gasteiger partial charge in [0.1, 0.15) is 10.6 Å². The fraction of sp³-hybridized carbons (Fsp3) is 0.474. The van der Waals surface area contributed by atoms with Gasteiger partial charge in [-0.05, 0) is 56.7 Å². The molecule has 0 aliphatic heterocycles. The molecule has 1 aromatic carbocycles. The molecule has 7 nitrogen and oxygen atoms in total. The van der Waals surface area contributed by atoms with E-state index in [9.17, 15) is 4.79 Å². The molecule has 0 atom stereocenters. The molecular weight excluding hydrogens is 394 g/mol. The molecular formula is C19H25N5O2S2. The lowest BCUT2D eigenvalue weighted by molar-refractivity contribution is 0.0987. The third kappa shape index (κ3) is 4.48.